The Balaban J connectivity index is 3.49. The molecule has 0 aliphatic rings. The minimum absolute atomic E-state index is 0.245. The highest BCUT2D eigenvalue weighted by Gasteiger charge is 2.40. The van der Waals surface area contributed by atoms with Crippen LogP contribution in [0.3, 0.4) is 0 Å². The van der Waals surface area contributed by atoms with E-state index in [2.05, 4.69) is 101 Å². The molecule has 168 valence electrons. The van der Waals surface area contributed by atoms with Crippen molar-refractivity contribution in [3.8, 4) is 11.5 Å². The van der Waals surface area contributed by atoms with Crippen molar-refractivity contribution < 1.29 is 13.6 Å². The third-order valence-corrected chi connectivity index (χ3v) is 13.8. The van der Waals surface area contributed by atoms with Gasteiger partial charge in [0.1, 0.15) is 22.2 Å². The molecule has 1 rings (SSSR count). The molecule has 0 fully saturated rings. The van der Waals surface area contributed by atoms with E-state index in [-0.39, 0.29) is 6.04 Å². The van der Waals surface area contributed by atoms with Crippen LogP contribution < -0.4 is 9.16 Å². The molecule has 0 amide bonds. The molecule has 1 atom stereocenters. The lowest BCUT2D eigenvalue weighted by Gasteiger charge is -2.49. The first kappa shape index (κ1) is 26.6. The molecule has 0 saturated heterocycles. The molecule has 1 unspecified atom stereocenters. The fourth-order valence-corrected chi connectivity index (χ4v) is 15.7. The van der Waals surface area contributed by atoms with Crippen molar-refractivity contribution in [3.63, 3.8) is 0 Å². The average molecular weight is 472 g/mol. The number of hydrogen-bond acceptors (Lipinski definition) is 4. The van der Waals surface area contributed by atoms with Crippen molar-refractivity contribution in [2.24, 2.45) is 0 Å². The average Bonchev–Trinajstić information content (AvgIpc) is 2.46. The topological polar surface area (TPSA) is 30.9 Å². The third-order valence-electron chi connectivity index (χ3n) is 4.42. The highest BCUT2D eigenvalue weighted by atomic mass is 28.4. The lowest BCUT2D eigenvalue weighted by Crippen LogP contribution is -2.61. The van der Waals surface area contributed by atoms with E-state index in [0.29, 0.717) is 0 Å². The van der Waals surface area contributed by atoms with Crippen LogP contribution in [-0.2, 0) is 4.43 Å². The molecule has 0 radical (unpaired) electrons. The number of nitrogens with zero attached hydrogens (tertiary/aromatic N) is 1. The van der Waals surface area contributed by atoms with Gasteiger partial charge >= 0.3 is 0 Å². The normalized spacial score (nSPS) is 14.8. The van der Waals surface area contributed by atoms with E-state index >= 15 is 0 Å². The van der Waals surface area contributed by atoms with Gasteiger partial charge in [-0.25, -0.2) is 0 Å². The van der Waals surface area contributed by atoms with Gasteiger partial charge in [-0.3, -0.25) is 0 Å². The Morgan fingerprint density at radius 2 is 1.28 bits per heavy atom. The van der Waals surface area contributed by atoms with Crippen LogP contribution in [0.1, 0.15) is 11.6 Å². The lowest BCUT2D eigenvalue weighted by molar-refractivity contribution is 0.235. The van der Waals surface area contributed by atoms with E-state index in [0.717, 1.165) is 18.1 Å². The van der Waals surface area contributed by atoms with Crippen LogP contribution >= 0.6 is 0 Å². The summed E-state index contributed by atoms with van der Waals surface area (Å²) < 4.78 is 21.3. The predicted molar refractivity (Wildman–Crippen MR) is 138 cm³/mol. The van der Waals surface area contributed by atoms with Gasteiger partial charge in [-0.2, -0.15) is 0 Å². The molecule has 0 spiro atoms. The number of hydrogen-bond donors (Lipinski definition) is 0. The Bertz CT molecular complexity index is 656. The highest BCUT2D eigenvalue weighted by Crippen LogP contribution is 2.38. The van der Waals surface area contributed by atoms with E-state index in [4.69, 9.17) is 13.6 Å². The van der Waals surface area contributed by atoms with Crippen LogP contribution in [0.2, 0.25) is 78.6 Å². The van der Waals surface area contributed by atoms with Crippen molar-refractivity contribution in [3.05, 3.63) is 23.8 Å². The summed E-state index contributed by atoms with van der Waals surface area (Å²) in [6.07, 6.45) is 0. The first-order chi connectivity index (χ1) is 12.8. The van der Waals surface area contributed by atoms with Crippen molar-refractivity contribution in [2.45, 2.75) is 84.6 Å². The maximum absolute atomic E-state index is 6.48. The zero-order valence-electron chi connectivity index (χ0n) is 21.2. The van der Waals surface area contributed by atoms with Gasteiger partial charge < -0.3 is 17.8 Å². The Kier molecular flexibility index (Phi) is 8.63. The largest absolute Gasteiger partial charge is 0.542 e. The van der Waals surface area contributed by atoms with Gasteiger partial charge in [0.05, 0.1) is 13.7 Å². The van der Waals surface area contributed by atoms with E-state index in [1.165, 1.54) is 5.56 Å². The molecule has 29 heavy (non-hydrogen) atoms. The van der Waals surface area contributed by atoms with E-state index in [1.807, 2.05) is 0 Å². The molecule has 1 aromatic carbocycles. The van der Waals surface area contributed by atoms with Crippen LogP contribution in [0.25, 0.3) is 0 Å². The smallest absolute Gasteiger partial charge is 0.242 e. The summed E-state index contributed by atoms with van der Waals surface area (Å²) in [7, 11) is -4.76. The summed E-state index contributed by atoms with van der Waals surface area (Å²) in [5.74, 6) is 1.68. The van der Waals surface area contributed by atoms with Gasteiger partial charge in [0, 0.05) is 6.04 Å². The Hall–Kier alpha value is -0.392. The number of benzene rings is 1. The van der Waals surface area contributed by atoms with Crippen LogP contribution in [0.5, 0.6) is 11.5 Å². The quantitative estimate of drug-likeness (QED) is 0.352. The molecule has 1 aromatic rings. The first-order valence-corrected chi connectivity index (χ1v) is 24.4. The fourth-order valence-electron chi connectivity index (χ4n) is 3.90. The van der Waals surface area contributed by atoms with Gasteiger partial charge in [-0.15, -0.1) is 0 Å². The molecular formula is C21H45NO3Si4. The van der Waals surface area contributed by atoms with Gasteiger partial charge in [0.15, 0.2) is 14.1 Å². The molecule has 0 heterocycles. The number of rotatable bonds is 10. The summed E-state index contributed by atoms with van der Waals surface area (Å²) in [6.45, 7) is 28.8. The zero-order chi connectivity index (χ0) is 22.8. The van der Waals surface area contributed by atoms with Crippen molar-refractivity contribution in [1.82, 2.24) is 4.23 Å². The van der Waals surface area contributed by atoms with Crippen molar-refractivity contribution >= 4 is 33.1 Å². The summed E-state index contributed by atoms with van der Waals surface area (Å²) in [6, 6.07) is 6.75. The minimum Gasteiger partial charge on any atom is -0.542 e. The van der Waals surface area contributed by atoms with Crippen LogP contribution in [0, 0.1) is 0 Å². The molecule has 0 aliphatic heterocycles. The van der Waals surface area contributed by atoms with Gasteiger partial charge in [-0.1, -0.05) is 45.3 Å². The van der Waals surface area contributed by atoms with Gasteiger partial charge in [-0.05, 0) is 57.0 Å². The fraction of sp³-hybridized carbons (Fsp3) is 0.714. The molecule has 0 saturated carbocycles. The Labute approximate surface area is 184 Å². The van der Waals surface area contributed by atoms with Crippen molar-refractivity contribution in [1.29, 1.82) is 0 Å². The molecule has 0 N–H and O–H groups in total. The minimum atomic E-state index is -1.71. The monoisotopic (exact) mass is 471 g/mol. The highest BCUT2D eigenvalue weighted by molar-refractivity contribution is 6.89. The number of methoxy groups -OCH3 is 1. The summed E-state index contributed by atoms with van der Waals surface area (Å²) in [4.78, 5) is 0. The van der Waals surface area contributed by atoms with E-state index in [1.54, 1.807) is 7.11 Å². The summed E-state index contributed by atoms with van der Waals surface area (Å²) >= 11 is 0. The molecular weight excluding hydrogens is 427 g/mol. The van der Waals surface area contributed by atoms with Gasteiger partial charge in [0.2, 0.25) is 8.32 Å². The number of ether oxygens (including phenoxy) is 1. The second-order valence-corrected chi connectivity index (χ2v) is 30.8. The van der Waals surface area contributed by atoms with E-state index < -0.39 is 33.1 Å². The first-order valence-electron chi connectivity index (χ1n) is 10.7. The summed E-state index contributed by atoms with van der Waals surface area (Å²) in [5, 5.41) is 0. The Morgan fingerprint density at radius 3 is 1.66 bits per heavy atom. The van der Waals surface area contributed by atoms with Crippen LogP contribution in [0.15, 0.2) is 18.2 Å². The predicted octanol–water partition coefficient (Wildman–Crippen LogP) is 6.77. The summed E-state index contributed by atoms with van der Waals surface area (Å²) in [5.41, 5.74) is 1.27. The Morgan fingerprint density at radius 1 is 0.759 bits per heavy atom. The second kappa shape index (κ2) is 9.40. The molecule has 0 aromatic heterocycles. The molecule has 4 nitrogen and oxygen atoms in total. The van der Waals surface area contributed by atoms with Crippen molar-refractivity contribution in [2.75, 3.05) is 13.7 Å². The maximum atomic E-state index is 6.48. The van der Waals surface area contributed by atoms with Crippen LogP contribution in [0.4, 0.5) is 0 Å². The van der Waals surface area contributed by atoms with E-state index in [9.17, 15) is 0 Å². The lowest BCUT2D eigenvalue weighted by atomic mass is 10.1. The standard InChI is InChI=1S/C21H45NO3Si4/c1-23-21-16-18(14-15-20(21)25-29(11,12)13)19(17-24-28(8,9)10)22(26(2,3)4)27(5,6)7/h14-16,19H,17H2,1-13H3. The SMILES string of the molecule is COc1cc(C(CO[Si](C)(C)C)N([Si](C)(C)C)[Si](C)(C)C)ccc1O[Si](C)(C)C. The molecule has 0 bridgehead atoms. The third kappa shape index (κ3) is 8.70. The maximum Gasteiger partial charge on any atom is 0.242 e. The molecule has 8 heteroatoms. The second-order valence-electron chi connectivity index (χ2n) is 11.8. The van der Waals surface area contributed by atoms with Crippen LogP contribution in [-0.4, -0.2) is 51.1 Å². The zero-order valence-corrected chi connectivity index (χ0v) is 25.2. The van der Waals surface area contributed by atoms with Gasteiger partial charge in [0.25, 0.3) is 0 Å². The molecule has 0 aliphatic carbocycles.